The fourth-order valence-electron chi connectivity index (χ4n) is 1.48. The molecule has 84 valence electrons. The van der Waals surface area contributed by atoms with Gasteiger partial charge in [-0.05, 0) is 30.2 Å². The van der Waals surface area contributed by atoms with Crippen molar-refractivity contribution in [1.82, 2.24) is 10.5 Å². The van der Waals surface area contributed by atoms with E-state index in [1.807, 2.05) is 6.92 Å². The zero-order valence-corrected chi connectivity index (χ0v) is 9.03. The van der Waals surface area contributed by atoms with Crippen molar-refractivity contribution in [2.24, 2.45) is 0 Å². The topological polar surface area (TPSA) is 38.1 Å². The number of nitrogens with zero attached hydrogens (tertiary/aromatic N) is 1. The Hall–Kier alpha value is -1.68. The van der Waals surface area contributed by atoms with Gasteiger partial charge in [-0.1, -0.05) is 11.2 Å². The Morgan fingerprint density at radius 3 is 2.94 bits per heavy atom. The molecule has 0 fully saturated rings. The molecule has 0 atom stereocenters. The summed E-state index contributed by atoms with van der Waals surface area (Å²) in [6.07, 6.45) is 1.60. The van der Waals surface area contributed by atoms with Gasteiger partial charge in [0.25, 0.3) is 0 Å². The SMILES string of the molecule is Cc1ccc(F)cc1CNCc1ccno1. The highest BCUT2D eigenvalue weighted by atomic mass is 19.1. The molecule has 0 aliphatic rings. The summed E-state index contributed by atoms with van der Waals surface area (Å²) in [7, 11) is 0. The number of hydrogen-bond donors (Lipinski definition) is 1. The van der Waals surface area contributed by atoms with Crippen LogP contribution in [0.25, 0.3) is 0 Å². The van der Waals surface area contributed by atoms with E-state index in [0.717, 1.165) is 16.9 Å². The largest absolute Gasteiger partial charge is 0.360 e. The Morgan fingerprint density at radius 1 is 1.31 bits per heavy atom. The molecule has 0 unspecified atom stereocenters. The molecule has 1 N–H and O–H groups in total. The first-order chi connectivity index (χ1) is 7.75. The van der Waals surface area contributed by atoms with E-state index in [4.69, 9.17) is 4.52 Å². The molecule has 2 rings (SSSR count). The van der Waals surface area contributed by atoms with E-state index in [0.29, 0.717) is 13.1 Å². The van der Waals surface area contributed by atoms with Crippen molar-refractivity contribution in [2.45, 2.75) is 20.0 Å². The molecule has 0 bridgehead atoms. The van der Waals surface area contributed by atoms with Crippen LogP contribution in [0.4, 0.5) is 4.39 Å². The van der Waals surface area contributed by atoms with Gasteiger partial charge in [-0.15, -0.1) is 0 Å². The third-order valence-corrected chi connectivity index (χ3v) is 2.42. The molecule has 0 saturated heterocycles. The van der Waals surface area contributed by atoms with E-state index < -0.39 is 0 Å². The number of benzene rings is 1. The molecule has 1 aromatic carbocycles. The number of halogens is 1. The zero-order chi connectivity index (χ0) is 11.4. The normalized spacial score (nSPS) is 10.6. The summed E-state index contributed by atoms with van der Waals surface area (Å²) < 4.78 is 17.9. The second-order valence-electron chi connectivity index (χ2n) is 3.65. The second-order valence-corrected chi connectivity index (χ2v) is 3.65. The smallest absolute Gasteiger partial charge is 0.150 e. The lowest BCUT2D eigenvalue weighted by Crippen LogP contribution is -2.13. The Bertz CT molecular complexity index is 454. The molecule has 0 amide bonds. The van der Waals surface area contributed by atoms with Crippen molar-refractivity contribution in [3.63, 3.8) is 0 Å². The van der Waals surface area contributed by atoms with Crippen LogP contribution < -0.4 is 5.32 Å². The minimum absolute atomic E-state index is 0.206. The second kappa shape index (κ2) is 4.90. The average molecular weight is 220 g/mol. The Kier molecular flexibility index (Phi) is 3.31. The minimum atomic E-state index is -0.206. The van der Waals surface area contributed by atoms with Gasteiger partial charge in [0.1, 0.15) is 11.6 Å². The molecule has 0 spiro atoms. The van der Waals surface area contributed by atoms with Crippen LogP contribution in [0.2, 0.25) is 0 Å². The first-order valence-electron chi connectivity index (χ1n) is 5.11. The van der Waals surface area contributed by atoms with Crippen molar-refractivity contribution < 1.29 is 8.91 Å². The highest BCUT2D eigenvalue weighted by Gasteiger charge is 2.01. The van der Waals surface area contributed by atoms with E-state index in [1.54, 1.807) is 24.4 Å². The monoisotopic (exact) mass is 220 g/mol. The summed E-state index contributed by atoms with van der Waals surface area (Å²) in [5.74, 6) is 0.566. The maximum atomic E-state index is 13.0. The number of aromatic nitrogens is 1. The molecular weight excluding hydrogens is 207 g/mol. The number of nitrogens with one attached hydrogen (secondary N) is 1. The average Bonchev–Trinajstić information content (AvgIpc) is 2.76. The first kappa shape index (κ1) is 10.8. The van der Waals surface area contributed by atoms with Crippen LogP contribution in [0, 0.1) is 12.7 Å². The Labute approximate surface area is 93.3 Å². The standard InChI is InChI=1S/C12H13FN2O/c1-9-2-3-11(13)6-10(9)7-14-8-12-4-5-15-16-12/h2-6,14H,7-8H2,1H3. The third kappa shape index (κ3) is 2.67. The van der Waals surface area contributed by atoms with Crippen molar-refractivity contribution in [3.8, 4) is 0 Å². The summed E-state index contributed by atoms with van der Waals surface area (Å²) in [5.41, 5.74) is 2.03. The summed E-state index contributed by atoms with van der Waals surface area (Å²) >= 11 is 0. The van der Waals surface area contributed by atoms with Gasteiger partial charge in [0.05, 0.1) is 12.7 Å². The molecule has 2 aromatic rings. The summed E-state index contributed by atoms with van der Waals surface area (Å²) in [4.78, 5) is 0. The molecule has 0 saturated carbocycles. The van der Waals surface area contributed by atoms with Gasteiger partial charge in [-0.2, -0.15) is 0 Å². The highest BCUT2D eigenvalue weighted by Crippen LogP contribution is 2.10. The fourth-order valence-corrected chi connectivity index (χ4v) is 1.48. The van der Waals surface area contributed by atoms with Crippen LogP contribution in [-0.4, -0.2) is 5.16 Å². The lowest BCUT2D eigenvalue weighted by molar-refractivity contribution is 0.372. The van der Waals surface area contributed by atoms with Crippen molar-refractivity contribution in [3.05, 3.63) is 53.2 Å². The summed E-state index contributed by atoms with van der Waals surface area (Å²) in [5, 5.41) is 6.78. The van der Waals surface area contributed by atoms with Gasteiger partial charge in [0, 0.05) is 12.6 Å². The highest BCUT2D eigenvalue weighted by molar-refractivity contribution is 5.26. The van der Waals surface area contributed by atoms with E-state index in [2.05, 4.69) is 10.5 Å². The van der Waals surface area contributed by atoms with Crippen LogP contribution >= 0.6 is 0 Å². The van der Waals surface area contributed by atoms with Crippen LogP contribution in [0.5, 0.6) is 0 Å². The summed E-state index contributed by atoms with van der Waals surface area (Å²) in [6.45, 7) is 3.17. The van der Waals surface area contributed by atoms with Crippen LogP contribution in [0.15, 0.2) is 35.0 Å². The maximum absolute atomic E-state index is 13.0. The molecule has 3 nitrogen and oxygen atoms in total. The Morgan fingerprint density at radius 2 is 2.19 bits per heavy atom. The molecule has 1 heterocycles. The fraction of sp³-hybridized carbons (Fsp3) is 0.250. The van der Waals surface area contributed by atoms with Crippen LogP contribution in [0.1, 0.15) is 16.9 Å². The summed E-state index contributed by atoms with van der Waals surface area (Å²) in [6, 6.07) is 6.59. The predicted octanol–water partition coefficient (Wildman–Crippen LogP) is 2.41. The molecular formula is C12H13FN2O. The van der Waals surface area contributed by atoms with Crippen LogP contribution in [0.3, 0.4) is 0 Å². The molecule has 0 radical (unpaired) electrons. The number of aryl methyl sites for hydroxylation is 1. The molecule has 1 aromatic heterocycles. The molecule has 16 heavy (non-hydrogen) atoms. The van der Waals surface area contributed by atoms with Gasteiger partial charge in [0.15, 0.2) is 0 Å². The predicted molar refractivity (Wildman–Crippen MR) is 58.2 cm³/mol. The quantitative estimate of drug-likeness (QED) is 0.859. The van der Waals surface area contributed by atoms with Crippen molar-refractivity contribution >= 4 is 0 Å². The van der Waals surface area contributed by atoms with Gasteiger partial charge in [-0.3, -0.25) is 0 Å². The first-order valence-corrected chi connectivity index (χ1v) is 5.11. The van der Waals surface area contributed by atoms with Gasteiger partial charge >= 0.3 is 0 Å². The van der Waals surface area contributed by atoms with Gasteiger partial charge in [-0.25, -0.2) is 4.39 Å². The maximum Gasteiger partial charge on any atom is 0.150 e. The zero-order valence-electron chi connectivity index (χ0n) is 9.03. The van der Waals surface area contributed by atoms with Gasteiger partial charge < -0.3 is 9.84 Å². The molecule has 0 aliphatic heterocycles. The van der Waals surface area contributed by atoms with E-state index in [9.17, 15) is 4.39 Å². The molecule has 4 heteroatoms. The molecule has 0 aliphatic carbocycles. The number of hydrogen-bond acceptors (Lipinski definition) is 3. The lowest BCUT2D eigenvalue weighted by Gasteiger charge is -2.06. The lowest BCUT2D eigenvalue weighted by atomic mass is 10.1. The van der Waals surface area contributed by atoms with Crippen molar-refractivity contribution in [1.29, 1.82) is 0 Å². The van der Waals surface area contributed by atoms with E-state index in [1.165, 1.54) is 6.07 Å². The Balaban J connectivity index is 1.92. The van der Waals surface area contributed by atoms with Crippen molar-refractivity contribution in [2.75, 3.05) is 0 Å². The van der Waals surface area contributed by atoms with E-state index in [-0.39, 0.29) is 5.82 Å². The van der Waals surface area contributed by atoms with E-state index >= 15 is 0 Å². The number of rotatable bonds is 4. The van der Waals surface area contributed by atoms with Gasteiger partial charge in [0.2, 0.25) is 0 Å². The third-order valence-electron chi connectivity index (χ3n) is 2.42. The minimum Gasteiger partial charge on any atom is -0.360 e. The van der Waals surface area contributed by atoms with Crippen LogP contribution in [-0.2, 0) is 13.1 Å².